The molecule has 18 heavy (non-hydrogen) atoms. The highest BCUT2D eigenvalue weighted by Crippen LogP contribution is 2.14. The summed E-state index contributed by atoms with van der Waals surface area (Å²) < 4.78 is 29.4. The summed E-state index contributed by atoms with van der Waals surface area (Å²) >= 11 is 0. The van der Waals surface area contributed by atoms with Crippen LogP contribution >= 0.6 is 10.8 Å². The molecule has 0 saturated heterocycles. The highest BCUT2D eigenvalue weighted by molar-refractivity contribution is 8.69. The Bertz CT molecular complexity index is 292. The third-order valence-corrected chi connectivity index (χ3v) is 4.87. The molecule has 2 N–H and O–H groups in total. The lowest BCUT2D eigenvalue weighted by Gasteiger charge is -2.12. The fourth-order valence-electron chi connectivity index (χ4n) is 1.71. The lowest BCUT2D eigenvalue weighted by atomic mass is 9.97. The summed E-state index contributed by atoms with van der Waals surface area (Å²) in [5.74, 6) is 1.89. The lowest BCUT2D eigenvalue weighted by molar-refractivity contribution is 0.428. The molecule has 0 aliphatic carbocycles. The van der Waals surface area contributed by atoms with Crippen LogP contribution in [0.5, 0.6) is 0 Å². The van der Waals surface area contributed by atoms with Crippen LogP contribution in [0.25, 0.3) is 0 Å². The smallest absolute Gasteiger partial charge is 0.316 e. The Morgan fingerprint density at radius 3 is 2.33 bits per heavy atom. The molecule has 0 unspecified atom stereocenters. The van der Waals surface area contributed by atoms with Crippen LogP contribution in [0.2, 0.25) is 0 Å². The first-order valence-electron chi connectivity index (χ1n) is 6.64. The van der Waals surface area contributed by atoms with Crippen molar-refractivity contribution < 1.29 is 13.0 Å². The van der Waals surface area contributed by atoms with Crippen molar-refractivity contribution in [3.63, 3.8) is 0 Å². The van der Waals surface area contributed by atoms with Gasteiger partial charge in [-0.15, -0.1) is 0 Å². The third-order valence-electron chi connectivity index (χ3n) is 2.80. The van der Waals surface area contributed by atoms with Crippen molar-refractivity contribution in [1.29, 1.82) is 0 Å². The van der Waals surface area contributed by atoms with Crippen molar-refractivity contribution in [2.24, 2.45) is 11.8 Å². The highest BCUT2D eigenvalue weighted by Gasteiger charge is 2.05. The second-order valence-electron chi connectivity index (χ2n) is 5.22. The van der Waals surface area contributed by atoms with E-state index in [1.165, 1.54) is 19.3 Å². The predicted molar refractivity (Wildman–Crippen MR) is 79.3 cm³/mol. The minimum absolute atomic E-state index is 0.389. The predicted octanol–water partition coefficient (Wildman–Crippen LogP) is 2.96. The Balaban J connectivity index is 3.32. The summed E-state index contributed by atoms with van der Waals surface area (Å²) in [5.41, 5.74) is 0. The fourth-order valence-corrected chi connectivity index (χ4v) is 3.03. The van der Waals surface area contributed by atoms with Crippen LogP contribution < -0.4 is 5.32 Å². The number of rotatable bonds is 11. The van der Waals surface area contributed by atoms with E-state index in [2.05, 4.69) is 26.1 Å². The molecule has 0 spiro atoms. The van der Waals surface area contributed by atoms with Crippen LogP contribution in [0.15, 0.2) is 0 Å². The molecule has 0 radical (unpaired) electrons. The van der Waals surface area contributed by atoms with Crippen molar-refractivity contribution in [3.8, 4) is 0 Å². The van der Waals surface area contributed by atoms with Gasteiger partial charge in [0, 0.05) is 12.3 Å². The van der Waals surface area contributed by atoms with E-state index >= 15 is 0 Å². The number of nitrogens with one attached hydrogen (secondary N) is 1. The van der Waals surface area contributed by atoms with E-state index < -0.39 is 9.15 Å². The molecule has 0 aromatic rings. The van der Waals surface area contributed by atoms with Gasteiger partial charge < -0.3 is 5.32 Å². The second kappa shape index (κ2) is 10.1. The van der Waals surface area contributed by atoms with E-state index in [4.69, 9.17) is 4.55 Å². The molecule has 0 aliphatic rings. The topological polar surface area (TPSA) is 66.4 Å². The van der Waals surface area contributed by atoms with Crippen LogP contribution in [0.1, 0.15) is 46.5 Å². The minimum Gasteiger partial charge on any atom is -0.316 e. The standard InChI is InChI=1S/C12H27NO3S2/c1-11(2)5-4-6-12(3)7-8-13-9-10-17-18(14,15)16/h11-13H,4-10H2,1-3H3,(H,14,15,16)/t12-/m0/s1. The van der Waals surface area contributed by atoms with Gasteiger partial charge in [-0.25, -0.2) is 0 Å². The van der Waals surface area contributed by atoms with Crippen molar-refractivity contribution >= 4 is 19.9 Å². The van der Waals surface area contributed by atoms with Crippen LogP contribution in [-0.2, 0) is 9.15 Å². The molecular formula is C12H27NO3S2. The van der Waals surface area contributed by atoms with Gasteiger partial charge in [-0.3, -0.25) is 4.55 Å². The Hall–Kier alpha value is 0.220. The first-order chi connectivity index (χ1) is 8.31. The normalized spacial score (nSPS) is 14.1. The molecule has 110 valence electrons. The Morgan fingerprint density at radius 1 is 1.11 bits per heavy atom. The summed E-state index contributed by atoms with van der Waals surface area (Å²) in [7, 11) is -3.30. The Morgan fingerprint density at radius 2 is 1.78 bits per heavy atom. The third kappa shape index (κ3) is 14.3. The van der Waals surface area contributed by atoms with Crippen molar-refractivity contribution in [3.05, 3.63) is 0 Å². The zero-order valence-electron chi connectivity index (χ0n) is 11.7. The van der Waals surface area contributed by atoms with Gasteiger partial charge in [0.05, 0.1) is 0 Å². The summed E-state index contributed by atoms with van der Waals surface area (Å²) in [6.45, 7) is 8.28. The lowest BCUT2D eigenvalue weighted by Crippen LogP contribution is -2.20. The van der Waals surface area contributed by atoms with E-state index in [0.29, 0.717) is 29.0 Å². The zero-order valence-corrected chi connectivity index (χ0v) is 13.3. The quantitative estimate of drug-likeness (QED) is 0.349. The van der Waals surface area contributed by atoms with Gasteiger partial charge in [0.2, 0.25) is 0 Å². The maximum Gasteiger partial charge on any atom is 0.319 e. The maximum absolute atomic E-state index is 10.4. The van der Waals surface area contributed by atoms with E-state index in [-0.39, 0.29) is 0 Å². The van der Waals surface area contributed by atoms with Gasteiger partial charge in [-0.1, -0.05) is 40.0 Å². The Labute approximate surface area is 115 Å². The first-order valence-corrected chi connectivity index (χ1v) is 9.58. The molecule has 4 nitrogen and oxygen atoms in total. The number of hydrogen-bond donors (Lipinski definition) is 2. The van der Waals surface area contributed by atoms with E-state index in [9.17, 15) is 8.42 Å². The van der Waals surface area contributed by atoms with Gasteiger partial charge in [0.25, 0.3) is 0 Å². The summed E-state index contributed by atoms with van der Waals surface area (Å²) in [4.78, 5) is 0. The van der Waals surface area contributed by atoms with Gasteiger partial charge in [-0.2, -0.15) is 8.42 Å². The molecular weight excluding hydrogens is 270 g/mol. The van der Waals surface area contributed by atoms with Gasteiger partial charge in [-0.05, 0) is 35.6 Å². The largest absolute Gasteiger partial charge is 0.319 e. The highest BCUT2D eigenvalue weighted by atomic mass is 33.1. The Kier molecular flexibility index (Phi) is 10.2. The van der Waals surface area contributed by atoms with Crippen LogP contribution in [0.3, 0.4) is 0 Å². The van der Waals surface area contributed by atoms with E-state index in [1.807, 2.05) is 0 Å². The first kappa shape index (κ1) is 18.2. The molecule has 0 saturated carbocycles. The average molecular weight is 297 g/mol. The van der Waals surface area contributed by atoms with E-state index in [0.717, 1.165) is 18.9 Å². The molecule has 6 heteroatoms. The number of hydrogen-bond acceptors (Lipinski definition) is 4. The molecule has 0 aromatic heterocycles. The van der Waals surface area contributed by atoms with Gasteiger partial charge in [0.15, 0.2) is 0 Å². The second-order valence-corrected chi connectivity index (χ2v) is 8.69. The van der Waals surface area contributed by atoms with E-state index in [1.54, 1.807) is 0 Å². The summed E-state index contributed by atoms with van der Waals surface area (Å²) in [6, 6.07) is 0. The molecule has 0 bridgehead atoms. The molecule has 0 amide bonds. The molecule has 1 atom stereocenters. The molecule has 0 fully saturated rings. The molecule has 0 heterocycles. The summed E-state index contributed by atoms with van der Waals surface area (Å²) in [6.07, 6.45) is 4.97. The maximum atomic E-state index is 10.4. The zero-order chi connectivity index (χ0) is 14.0. The molecule has 0 aliphatic heterocycles. The summed E-state index contributed by atoms with van der Waals surface area (Å²) in [5, 5.41) is 3.19. The fraction of sp³-hybridized carbons (Fsp3) is 1.00. The van der Waals surface area contributed by atoms with Crippen molar-refractivity contribution in [2.45, 2.75) is 46.5 Å². The monoisotopic (exact) mass is 297 g/mol. The minimum atomic E-state index is -3.87. The van der Waals surface area contributed by atoms with Gasteiger partial charge in [0.1, 0.15) is 0 Å². The van der Waals surface area contributed by atoms with Crippen LogP contribution in [0, 0.1) is 11.8 Å². The molecule has 0 rings (SSSR count). The van der Waals surface area contributed by atoms with Crippen LogP contribution in [0.4, 0.5) is 0 Å². The van der Waals surface area contributed by atoms with Gasteiger partial charge >= 0.3 is 9.15 Å². The SMILES string of the molecule is CC(C)CCC[C@H](C)CCNCCSS(=O)(=O)O. The molecule has 0 aromatic carbocycles. The van der Waals surface area contributed by atoms with Crippen molar-refractivity contribution in [1.82, 2.24) is 5.32 Å². The van der Waals surface area contributed by atoms with Crippen LogP contribution in [-0.4, -0.2) is 31.8 Å². The van der Waals surface area contributed by atoms with Crippen molar-refractivity contribution in [2.75, 3.05) is 18.8 Å². The average Bonchev–Trinajstić information content (AvgIpc) is 2.21.